The molecule has 2 aromatic carbocycles. The van der Waals surface area contributed by atoms with Crippen molar-refractivity contribution in [3.8, 4) is 11.4 Å². The summed E-state index contributed by atoms with van der Waals surface area (Å²) in [5.74, 6) is 0.862. The maximum atomic E-state index is 12.0. The van der Waals surface area contributed by atoms with E-state index in [9.17, 15) is 4.79 Å². The summed E-state index contributed by atoms with van der Waals surface area (Å²) in [6.45, 7) is 3.10. The van der Waals surface area contributed by atoms with E-state index in [4.69, 9.17) is 16.3 Å². The Balaban J connectivity index is 1.33. The molecule has 1 heterocycles. The van der Waals surface area contributed by atoms with Crippen molar-refractivity contribution in [3.05, 3.63) is 77.1 Å². The van der Waals surface area contributed by atoms with Crippen LogP contribution in [0.4, 0.5) is 0 Å². The Morgan fingerprint density at radius 3 is 2.82 bits per heavy atom. The third-order valence-corrected chi connectivity index (χ3v) is 4.57. The van der Waals surface area contributed by atoms with Crippen LogP contribution in [0, 0.1) is 6.92 Å². The fraction of sp³-hybridized carbons (Fsp3) is 0.273. The summed E-state index contributed by atoms with van der Waals surface area (Å²) >= 11 is 5.93. The summed E-state index contributed by atoms with van der Waals surface area (Å²) < 4.78 is 7.55. The number of hydrogen-bond donors (Lipinski definition) is 1. The molecule has 0 aliphatic rings. The van der Waals surface area contributed by atoms with Gasteiger partial charge in [0.2, 0.25) is 5.91 Å². The average Bonchev–Trinajstić information content (AvgIpc) is 3.17. The Morgan fingerprint density at radius 1 is 1.21 bits per heavy atom. The summed E-state index contributed by atoms with van der Waals surface area (Å²) in [5.41, 5.74) is 3.06. The van der Waals surface area contributed by atoms with Crippen LogP contribution in [0.3, 0.4) is 0 Å². The second-order valence-electron chi connectivity index (χ2n) is 6.59. The molecule has 3 aromatic rings. The molecule has 0 aliphatic carbocycles. The Morgan fingerprint density at radius 2 is 2.04 bits per heavy atom. The standard InChI is InChI=1S/C22H24ClN3O2/c1-17-14-19(23)9-10-21(17)28-13-5-12-24-22(27)11-8-18-15-25-26(16-18)20-6-3-2-4-7-20/h2-4,6-7,9-10,14-16H,5,8,11-13H2,1H3,(H,24,27). The third kappa shape index (κ3) is 5.86. The van der Waals surface area contributed by atoms with Gasteiger partial charge in [0.15, 0.2) is 0 Å². The van der Waals surface area contributed by atoms with Crippen LogP contribution in [-0.2, 0) is 11.2 Å². The number of benzene rings is 2. The molecule has 5 nitrogen and oxygen atoms in total. The van der Waals surface area contributed by atoms with Gasteiger partial charge in [0.1, 0.15) is 5.75 Å². The molecule has 1 N–H and O–H groups in total. The fourth-order valence-corrected chi connectivity index (χ4v) is 3.04. The Bertz CT molecular complexity index is 909. The number of aromatic nitrogens is 2. The number of halogens is 1. The van der Waals surface area contributed by atoms with Crippen molar-refractivity contribution < 1.29 is 9.53 Å². The minimum atomic E-state index is 0.0372. The zero-order chi connectivity index (χ0) is 19.8. The first-order valence-electron chi connectivity index (χ1n) is 9.36. The second kappa shape index (κ2) is 9.95. The van der Waals surface area contributed by atoms with E-state index in [0.717, 1.165) is 29.0 Å². The maximum absolute atomic E-state index is 12.0. The first-order chi connectivity index (χ1) is 13.6. The molecule has 1 amide bonds. The van der Waals surface area contributed by atoms with Crippen LogP contribution >= 0.6 is 11.6 Å². The highest BCUT2D eigenvalue weighted by atomic mass is 35.5. The van der Waals surface area contributed by atoms with E-state index in [1.54, 1.807) is 0 Å². The zero-order valence-electron chi connectivity index (χ0n) is 15.9. The smallest absolute Gasteiger partial charge is 0.220 e. The number of hydrogen-bond acceptors (Lipinski definition) is 3. The van der Waals surface area contributed by atoms with E-state index in [2.05, 4.69) is 10.4 Å². The van der Waals surface area contributed by atoms with Gasteiger partial charge in [-0.25, -0.2) is 4.68 Å². The number of amides is 1. The predicted octanol–water partition coefficient (Wildman–Crippen LogP) is 4.35. The van der Waals surface area contributed by atoms with Crippen molar-refractivity contribution in [1.82, 2.24) is 15.1 Å². The second-order valence-corrected chi connectivity index (χ2v) is 7.03. The number of rotatable bonds is 9. The Kier molecular flexibility index (Phi) is 7.09. The van der Waals surface area contributed by atoms with Crippen LogP contribution in [0.15, 0.2) is 60.9 Å². The first-order valence-corrected chi connectivity index (χ1v) is 9.74. The van der Waals surface area contributed by atoms with Gasteiger partial charge < -0.3 is 10.1 Å². The van der Waals surface area contributed by atoms with Crippen LogP contribution in [0.5, 0.6) is 5.75 Å². The van der Waals surface area contributed by atoms with Crippen molar-refractivity contribution in [2.45, 2.75) is 26.2 Å². The van der Waals surface area contributed by atoms with E-state index in [1.165, 1.54) is 0 Å². The molecule has 3 rings (SSSR count). The minimum absolute atomic E-state index is 0.0372. The summed E-state index contributed by atoms with van der Waals surface area (Å²) in [6, 6.07) is 15.5. The highest BCUT2D eigenvalue weighted by molar-refractivity contribution is 6.30. The first kappa shape index (κ1) is 20.0. The molecule has 0 spiro atoms. The van der Waals surface area contributed by atoms with Crippen LogP contribution in [0.2, 0.25) is 5.02 Å². The van der Waals surface area contributed by atoms with E-state index >= 15 is 0 Å². The normalized spacial score (nSPS) is 10.6. The molecule has 0 radical (unpaired) electrons. The van der Waals surface area contributed by atoms with Crippen LogP contribution < -0.4 is 10.1 Å². The average molecular weight is 398 g/mol. The van der Waals surface area contributed by atoms with Crippen molar-refractivity contribution in [2.75, 3.05) is 13.2 Å². The van der Waals surface area contributed by atoms with Crippen molar-refractivity contribution in [2.24, 2.45) is 0 Å². The van der Waals surface area contributed by atoms with Crippen LogP contribution in [0.25, 0.3) is 5.69 Å². The van der Waals surface area contributed by atoms with Gasteiger partial charge in [-0.2, -0.15) is 5.10 Å². The van der Waals surface area contributed by atoms with Gasteiger partial charge in [-0.15, -0.1) is 0 Å². The topological polar surface area (TPSA) is 56.1 Å². The van der Waals surface area contributed by atoms with E-state index in [-0.39, 0.29) is 5.91 Å². The number of aryl methyl sites for hydroxylation is 2. The Labute approximate surface area is 170 Å². The zero-order valence-corrected chi connectivity index (χ0v) is 16.7. The minimum Gasteiger partial charge on any atom is -0.493 e. The molecule has 0 aliphatic heterocycles. The highest BCUT2D eigenvalue weighted by Crippen LogP contribution is 2.21. The lowest BCUT2D eigenvalue weighted by Crippen LogP contribution is -2.25. The lowest BCUT2D eigenvalue weighted by molar-refractivity contribution is -0.121. The van der Waals surface area contributed by atoms with Crippen molar-refractivity contribution in [1.29, 1.82) is 0 Å². The summed E-state index contributed by atoms with van der Waals surface area (Å²) in [4.78, 5) is 12.0. The van der Waals surface area contributed by atoms with E-state index in [1.807, 2.05) is 72.5 Å². The molecule has 0 saturated carbocycles. The highest BCUT2D eigenvalue weighted by Gasteiger charge is 2.05. The molecule has 6 heteroatoms. The largest absolute Gasteiger partial charge is 0.493 e. The summed E-state index contributed by atoms with van der Waals surface area (Å²) in [5, 5.41) is 7.99. The lowest BCUT2D eigenvalue weighted by atomic mass is 10.2. The third-order valence-electron chi connectivity index (χ3n) is 4.34. The van der Waals surface area contributed by atoms with Crippen molar-refractivity contribution in [3.63, 3.8) is 0 Å². The van der Waals surface area contributed by atoms with E-state index in [0.29, 0.717) is 31.0 Å². The quantitative estimate of drug-likeness (QED) is 0.546. The fourth-order valence-electron chi connectivity index (χ4n) is 2.81. The SMILES string of the molecule is Cc1cc(Cl)ccc1OCCCNC(=O)CCc1cnn(-c2ccccc2)c1. The Hall–Kier alpha value is -2.79. The monoisotopic (exact) mass is 397 g/mol. The summed E-state index contributed by atoms with van der Waals surface area (Å²) in [6.07, 6.45) is 5.63. The molecule has 28 heavy (non-hydrogen) atoms. The molecular weight excluding hydrogens is 374 g/mol. The number of nitrogens with one attached hydrogen (secondary N) is 1. The predicted molar refractivity (Wildman–Crippen MR) is 111 cm³/mol. The molecule has 0 unspecified atom stereocenters. The van der Waals surface area contributed by atoms with E-state index < -0.39 is 0 Å². The molecule has 1 aromatic heterocycles. The van der Waals surface area contributed by atoms with Gasteiger partial charge in [-0.3, -0.25) is 4.79 Å². The lowest BCUT2D eigenvalue weighted by Gasteiger charge is -2.10. The molecule has 0 atom stereocenters. The number of carbonyl (C=O) groups is 1. The van der Waals surface area contributed by atoms with Gasteiger partial charge in [0.25, 0.3) is 0 Å². The molecule has 0 fully saturated rings. The molecule has 0 saturated heterocycles. The van der Waals surface area contributed by atoms with Gasteiger partial charge in [-0.05, 0) is 61.2 Å². The number of ether oxygens (including phenoxy) is 1. The number of para-hydroxylation sites is 1. The van der Waals surface area contributed by atoms with Gasteiger partial charge >= 0.3 is 0 Å². The number of carbonyl (C=O) groups excluding carboxylic acids is 1. The molecule has 146 valence electrons. The van der Waals surface area contributed by atoms with Crippen LogP contribution in [-0.4, -0.2) is 28.8 Å². The molecule has 0 bridgehead atoms. The summed E-state index contributed by atoms with van der Waals surface area (Å²) in [7, 11) is 0. The van der Waals surface area contributed by atoms with Crippen LogP contribution in [0.1, 0.15) is 24.0 Å². The van der Waals surface area contributed by atoms with Crippen molar-refractivity contribution >= 4 is 17.5 Å². The van der Waals surface area contributed by atoms with Gasteiger partial charge in [0.05, 0.1) is 18.5 Å². The molecular formula is C22H24ClN3O2. The van der Waals surface area contributed by atoms with Gasteiger partial charge in [-0.1, -0.05) is 29.8 Å². The van der Waals surface area contributed by atoms with Gasteiger partial charge in [0, 0.05) is 24.2 Å². The number of nitrogens with zero attached hydrogens (tertiary/aromatic N) is 2. The maximum Gasteiger partial charge on any atom is 0.220 e.